The van der Waals surface area contributed by atoms with E-state index < -0.39 is 10.2 Å². The molecule has 0 saturated carbocycles. The molecular weight excluding hydrogens is 214 g/mol. The van der Waals surface area contributed by atoms with E-state index in [1.807, 2.05) is 6.92 Å². The zero-order chi connectivity index (χ0) is 11.5. The van der Waals surface area contributed by atoms with Crippen molar-refractivity contribution >= 4 is 10.2 Å². The van der Waals surface area contributed by atoms with Gasteiger partial charge in [-0.1, -0.05) is 6.92 Å². The van der Waals surface area contributed by atoms with E-state index in [1.165, 1.54) is 4.31 Å². The topological polar surface area (TPSA) is 75.4 Å². The molecule has 15 heavy (non-hydrogen) atoms. The van der Waals surface area contributed by atoms with Crippen LogP contribution in [-0.4, -0.2) is 38.4 Å². The highest BCUT2D eigenvalue weighted by Gasteiger charge is 2.28. The summed E-state index contributed by atoms with van der Waals surface area (Å²) in [6.07, 6.45) is 1.73. The van der Waals surface area contributed by atoms with Crippen LogP contribution in [0.5, 0.6) is 0 Å². The molecule has 1 saturated heterocycles. The van der Waals surface area contributed by atoms with Crippen LogP contribution in [0.1, 0.15) is 26.7 Å². The summed E-state index contributed by atoms with van der Waals surface area (Å²) in [7, 11) is -3.24. The molecule has 0 bridgehead atoms. The minimum Gasteiger partial charge on any atom is -0.328 e. The minimum atomic E-state index is -3.24. The van der Waals surface area contributed by atoms with Crippen LogP contribution in [0.3, 0.4) is 0 Å². The standard InChI is InChI=1S/C9H21N3O2S/c1-3-11-15(13,14)12-6-4-9(5-7-12)8(2)10/h8-9,11H,3-7,10H2,1-2H3. The lowest BCUT2D eigenvalue weighted by Gasteiger charge is -2.32. The van der Waals surface area contributed by atoms with E-state index in [-0.39, 0.29) is 6.04 Å². The van der Waals surface area contributed by atoms with E-state index in [9.17, 15) is 8.42 Å². The lowest BCUT2D eigenvalue weighted by molar-refractivity contribution is 0.249. The summed E-state index contributed by atoms with van der Waals surface area (Å²) in [5.41, 5.74) is 5.80. The summed E-state index contributed by atoms with van der Waals surface area (Å²) in [5.74, 6) is 0.457. The Bertz CT molecular complexity index is 282. The third-order valence-corrected chi connectivity index (χ3v) is 4.61. The second-order valence-corrected chi connectivity index (χ2v) is 5.85. The van der Waals surface area contributed by atoms with Crippen molar-refractivity contribution in [3.05, 3.63) is 0 Å². The monoisotopic (exact) mass is 235 g/mol. The maximum atomic E-state index is 11.6. The number of rotatable bonds is 4. The van der Waals surface area contributed by atoms with Gasteiger partial charge in [-0.05, 0) is 25.7 Å². The first-order chi connectivity index (χ1) is 6.97. The Morgan fingerprint density at radius 1 is 1.47 bits per heavy atom. The molecule has 0 spiro atoms. The summed E-state index contributed by atoms with van der Waals surface area (Å²) in [5, 5.41) is 0. The molecule has 1 atom stereocenters. The maximum Gasteiger partial charge on any atom is 0.279 e. The first-order valence-corrected chi connectivity index (χ1v) is 6.91. The van der Waals surface area contributed by atoms with Crippen LogP contribution < -0.4 is 10.5 Å². The summed E-state index contributed by atoms with van der Waals surface area (Å²) < 4.78 is 27.3. The highest BCUT2D eigenvalue weighted by atomic mass is 32.2. The third kappa shape index (κ3) is 3.41. The van der Waals surface area contributed by atoms with Crippen LogP contribution in [0.2, 0.25) is 0 Å². The Labute approximate surface area is 92.2 Å². The number of nitrogens with one attached hydrogen (secondary N) is 1. The summed E-state index contributed by atoms with van der Waals surface area (Å²) in [6.45, 7) is 5.38. The van der Waals surface area contributed by atoms with Gasteiger partial charge in [-0.3, -0.25) is 0 Å². The number of hydrogen-bond acceptors (Lipinski definition) is 3. The van der Waals surface area contributed by atoms with Gasteiger partial charge in [-0.15, -0.1) is 0 Å². The fourth-order valence-electron chi connectivity index (χ4n) is 1.92. The van der Waals surface area contributed by atoms with Gasteiger partial charge in [0, 0.05) is 25.7 Å². The van der Waals surface area contributed by atoms with Crippen molar-refractivity contribution < 1.29 is 8.42 Å². The van der Waals surface area contributed by atoms with E-state index >= 15 is 0 Å². The minimum absolute atomic E-state index is 0.161. The Morgan fingerprint density at radius 3 is 2.40 bits per heavy atom. The summed E-state index contributed by atoms with van der Waals surface area (Å²) in [6, 6.07) is 0.161. The lowest BCUT2D eigenvalue weighted by atomic mass is 9.92. The molecule has 1 rings (SSSR count). The molecule has 0 radical (unpaired) electrons. The fourth-order valence-corrected chi connectivity index (χ4v) is 3.15. The lowest BCUT2D eigenvalue weighted by Crippen LogP contribution is -2.47. The molecule has 3 N–H and O–H groups in total. The van der Waals surface area contributed by atoms with Gasteiger partial charge >= 0.3 is 0 Å². The van der Waals surface area contributed by atoms with Gasteiger partial charge in [-0.25, -0.2) is 4.72 Å². The third-order valence-electron chi connectivity index (χ3n) is 2.91. The van der Waals surface area contributed by atoms with E-state index in [0.717, 1.165) is 12.8 Å². The molecule has 0 aliphatic carbocycles. The van der Waals surface area contributed by atoms with Crippen molar-refractivity contribution in [1.82, 2.24) is 9.03 Å². The second-order valence-electron chi connectivity index (χ2n) is 4.10. The predicted octanol–water partition coefficient (Wildman–Crippen LogP) is -0.100. The Kier molecular flexibility index (Phi) is 4.51. The van der Waals surface area contributed by atoms with Crippen LogP contribution in [0.25, 0.3) is 0 Å². The molecule has 0 aromatic carbocycles. The van der Waals surface area contributed by atoms with Gasteiger partial charge in [0.25, 0.3) is 10.2 Å². The van der Waals surface area contributed by atoms with E-state index in [0.29, 0.717) is 25.6 Å². The molecular formula is C9H21N3O2S. The van der Waals surface area contributed by atoms with Crippen LogP contribution in [0.15, 0.2) is 0 Å². The van der Waals surface area contributed by atoms with Crippen molar-refractivity contribution in [2.24, 2.45) is 11.7 Å². The van der Waals surface area contributed by atoms with Crippen LogP contribution in [0, 0.1) is 5.92 Å². The van der Waals surface area contributed by atoms with Gasteiger partial charge < -0.3 is 5.73 Å². The number of nitrogens with zero attached hydrogens (tertiary/aromatic N) is 1. The van der Waals surface area contributed by atoms with Crippen LogP contribution >= 0.6 is 0 Å². The first-order valence-electron chi connectivity index (χ1n) is 5.47. The summed E-state index contributed by atoms with van der Waals surface area (Å²) in [4.78, 5) is 0. The van der Waals surface area contributed by atoms with E-state index in [4.69, 9.17) is 5.73 Å². The van der Waals surface area contributed by atoms with Gasteiger partial charge in [0.2, 0.25) is 0 Å². The van der Waals surface area contributed by atoms with Crippen LogP contribution in [0.4, 0.5) is 0 Å². The molecule has 1 heterocycles. The molecule has 1 fully saturated rings. The van der Waals surface area contributed by atoms with Crippen LogP contribution in [-0.2, 0) is 10.2 Å². The zero-order valence-electron chi connectivity index (χ0n) is 9.44. The molecule has 0 amide bonds. The Morgan fingerprint density at radius 2 is 2.00 bits per heavy atom. The smallest absolute Gasteiger partial charge is 0.279 e. The van der Waals surface area contributed by atoms with Gasteiger partial charge in [-0.2, -0.15) is 12.7 Å². The molecule has 0 aromatic heterocycles. The Hall–Kier alpha value is -0.170. The average molecular weight is 235 g/mol. The number of nitrogens with two attached hydrogens (primary N) is 1. The SMILES string of the molecule is CCNS(=O)(=O)N1CCC(C(C)N)CC1. The largest absolute Gasteiger partial charge is 0.328 e. The van der Waals surface area contributed by atoms with Crippen molar-refractivity contribution in [2.75, 3.05) is 19.6 Å². The maximum absolute atomic E-state index is 11.6. The van der Waals surface area contributed by atoms with Crippen molar-refractivity contribution in [2.45, 2.75) is 32.7 Å². The van der Waals surface area contributed by atoms with E-state index in [2.05, 4.69) is 4.72 Å². The Balaban J connectivity index is 2.50. The van der Waals surface area contributed by atoms with Crippen molar-refractivity contribution in [3.63, 3.8) is 0 Å². The first kappa shape index (κ1) is 12.9. The molecule has 0 aromatic rings. The zero-order valence-corrected chi connectivity index (χ0v) is 10.3. The molecule has 1 aliphatic heterocycles. The quantitative estimate of drug-likeness (QED) is 0.714. The predicted molar refractivity (Wildman–Crippen MR) is 60.5 cm³/mol. The molecule has 90 valence electrons. The summed E-state index contributed by atoms with van der Waals surface area (Å²) >= 11 is 0. The van der Waals surface area contributed by atoms with Crippen molar-refractivity contribution in [1.29, 1.82) is 0 Å². The highest BCUT2D eigenvalue weighted by Crippen LogP contribution is 2.20. The fraction of sp³-hybridized carbons (Fsp3) is 1.00. The van der Waals surface area contributed by atoms with Gasteiger partial charge in [0.1, 0.15) is 0 Å². The molecule has 6 heteroatoms. The van der Waals surface area contributed by atoms with Gasteiger partial charge in [0.05, 0.1) is 0 Å². The molecule has 1 unspecified atom stereocenters. The number of piperidine rings is 1. The second kappa shape index (κ2) is 5.25. The van der Waals surface area contributed by atoms with Crippen molar-refractivity contribution in [3.8, 4) is 0 Å². The van der Waals surface area contributed by atoms with Gasteiger partial charge in [0.15, 0.2) is 0 Å². The molecule has 5 nitrogen and oxygen atoms in total. The highest BCUT2D eigenvalue weighted by molar-refractivity contribution is 7.87. The average Bonchev–Trinajstić information content (AvgIpc) is 2.18. The van der Waals surface area contributed by atoms with E-state index in [1.54, 1.807) is 6.92 Å². The number of hydrogen-bond donors (Lipinski definition) is 2. The normalized spacial score (nSPS) is 22.9. The molecule has 1 aliphatic rings.